The van der Waals surface area contributed by atoms with Crippen LogP contribution in [0, 0.1) is 0 Å². The first-order chi connectivity index (χ1) is 12.9. The van der Waals surface area contributed by atoms with E-state index in [1.54, 1.807) is 16.9 Å². The van der Waals surface area contributed by atoms with Crippen molar-refractivity contribution < 1.29 is 4.74 Å². The second-order valence-electron chi connectivity index (χ2n) is 6.41. The maximum atomic E-state index is 6.13. The van der Waals surface area contributed by atoms with Gasteiger partial charge in [-0.25, -0.2) is 9.97 Å². The summed E-state index contributed by atoms with van der Waals surface area (Å²) in [7, 11) is 0. The molecule has 7 heteroatoms. The first kappa shape index (κ1) is 15.1. The molecule has 0 bridgehead atoms. The van der Waals surface area contributed by atoms with Gasteiger partial charge >= 0.3 is 0 Å². The molecular formula is C19H18N6O. The maximum Gasteiger partial charge on any atom is 0.254 e. The molecule has 0 spiro atoms. The lowest BCUT2D eigenvalue weighted by Crippen LogP contribution is -2.35. The van der Waals surface area contributed by atoms with Crippen LogP contribution in [0.25, 0.3) is 16.6 Å². The zero-order valence-corrected chi connectivity index (χ0v) is 14.2. The van der Waals surface area contributed by atoms with E-state index < -0.39 is 0 Å². The molecule has 3 aromatic heterocycles. The Hall–Kier alpha value is -3.22. The van der Waals surface area contributed by atoms with Gasteiger partial charge in [0, 0.05) is 24.3 Å². The van der Waals surface area contributed by atoms with E-state index in [-0.39, 0.29) is 6.04 Å². The van der Waals surface area contributed by atoms with E-state index in [0.29, 0.717) is 18.3 Å². The van der Waals surface area contributed by atoms with Gasteiger partial charge in [-0.1, -0.05) is 18.2 Å². The van der Waals surface area contributed by atoms with Crippen LogP contribution in [0.2, 0.25) is 0 Å². The third kappa shape index (κ3) is 2.52. The van der Waals surface area contributed by atoms with Crippen LogP contribution in [-0.2, 0) is 0 Å². The molecule has 26 heavy (non-hydrogen) atoms. The average Bonchev–Trinajstić information content (AvgIpc) is 3.35. The lowest BCUT2D eigenvalue weighted by molar-refractivity contribution is 0.281. The highest BCUT2D eigenvalue weighted by atomic mass is 16.5. The van der Waals surface area contributed by atoms with E-state index in [9.17, 15) is 0 Å². The highest BCUT2D eigenvalue weighted by Gasteiger charge is 2.27. The molecule has 4 heterocycles. The number of aromatic nitrogens is 5. The van der Waals surface area contributed by atoms with E-state index in [1.165, 1.54) is 6.33 Å². The van der Waals surface area contributed by atoms with Gasteiger partial charge in [-0.05, 0) is 36.4 Å². The van der Waals surface area contributed by atoms with Crippen molar-refractivity contribution >= 4 is 22.4 Å². The molecule has 0 saturated carbocycles. The number of nitrogens with zero attached hydrogens (tertiary/aromatic N) is 6. The lowest BCUT2D eigenvalue weighted by atomic mass is 10.2. The molecule has 1 aliphatic heterocycles. The van der Waals surface area contributed by atoms with Crippen molar-refractivity contribution in [2.45, 2.75) is 18.9 Å². The first-order valence-corrected chi connectivity index (χ1v) is 8.78. The Morgan fingerprint density at radius 3 is 2.96 bits per heavy atom. The van der Waals surface area contributed by atoms with E-state index in [2.05, 4.69) is 31.0 Å². The number of rotatable bonds is 4. The van der Waals surface area contributed by atoms with Crippen molar-refractivity contribution in [2.75, 3.05) is 18.1 Å². The summed E-state index contributed by atoms with van der Waals surface area (Å²) in [6, 6.07) is 12.4. The molecule has 1 aliphatic rings. The van der Waals surface area contributed by atoms with Crippen LogP contribution >= 0.6 is 0 Å². The van der Waals surface area contributed by atoms with Crippen molar-refractivity contribution in [3.8, 4) is 5.88 Å². The monoisotopic (exact) mass is 346 g/mol. The van der Waals surface area contributed by atoms with Gasteiger partial charge in [-0.2, -0.15) is 14.6 Å². The molecule has 0 N–H and O–H groups in total. The van der Waals surface area contributed by atoms with Crippen molar-refractivity contribution in [2.24, 2.45) is 0 Å². The number of anilines is 1. The highest BCUT2D eigenvalue weighted by Crippen LogP contribution is 2.27. The second-order valence-corrected chi connectivity index (χ2v) is 6.41. The minimum atomic E-state index is 0.269. The van der Waals surface area contributed by atoms with Gasteiger partial charge in [0.25, 0.3) is 5.78 Å². The van der Waals surface area contributed by atoms with Crippen molar-refractivity contribution in [1.82, 2.24) is 24.6 Å². The molecule has 1 aromatic carbocycles. The van der Waals surface area contributed by atoms with Gasteiger partial charge in [-0.3, -0.25) is 0 Å². The SMILES string of the molecule is c1ccc2c(OC[C@H]3CCCN3c3ccnc4ncnn34)nccc2c1. The maximum absolute atomic E-state index is 6.13. The molecule has 1 fully saturated rings. The summed E-state index contributed by atoms with van der Waals surface area (Å²) in [4.78, 5) is 15.2. The third-order valence-electron chi connectivity index (χ3n) is 4.88. The second kappa shape index (κ2) is 6.25. The molecule has 0 radical (unpaired) electrons. The van der Waals surface area contributed by atoms with Gasteiger partial charge in [0.2, 0.25) is 5.88 Å². The van der Waals surface area contributed by atoms with E-state index >= 15 is 0 Å². The predicted molar refractivity (Wildman–Crippen MR) is 98.4 cm³/mol. The minimum Gasteiger partial charge on any atom is -0.475 e. The Labute approximate surface area is 150 Å². The summed E-state index contributed by atoms with van der Waals surface area (Å²) >= 11 is 0. The summed E-state index contributed by atoms with van der Waals surface area (Å²) in [6.45, 7) is 1.55. The topological polar surface area (TPSA) is 68.4 Å². The quantitative estimate of drug-likeness (QED) is 0.566. The van der Waals surface area contributed by atoms with E-state index in [1.807, 2.05) is 30.3 Å². The fraction of sp³-hybridized carbons (Fsp3) is 0.263. The van der Waals surface area contributed by atoms with Crippen molar-refractivity contribution in [3.05, 3.63) is 55.1 Å². The summed E-state index contributed by atoms with van der Waals surface area (Å²) < 4.78 is 7.92. The molecule has 1 saturated heterocycles. The third-order valence-corrected chi connectivity index (χ3v) is 4.88. The largest absolute Gasteiger partial charge is 0.475 e. The van der Waals surface area contributed by atoms with Crippen LogP contribution in [0.5, 0.6) is 5.88 Å². The average molecular weight is 346 g/mol. The number of benzene rings is 1. The molecule has 1 atom stereocenters. The normalized spacial score (nSPS) is 17.2. The fourth-order valence-electron chi connectivity index (χ4n) is 3.64. The molecule has 7 nitrogen and oxygen atoms in total. The van der Waals surface area contributed by atoms with Crippen molar-refractivity contribution in [3.63, 3.8) is 0 Å². The van der Waals surface area contributed by atoms with Gasteiger partial charge in [-0.15, -0.1) is 0 Å². The number of hydrogen-bond acceptors (Lipinski definition) is 6. The molecule has 4 aromatic rings. The predicted octanol–water partition coefficient (Wildman–Crippen LogP) is 2.72. The zero-order valence-electron chi connectivity index (χ0n) is 14.2. The smallest absolute Gasteiger partial charge is 0.254 e. The Morgan fingerprint density at radius 2 is 1.96 bits per heavy atom. The molecule has 0 aliphatic carbocycles. The highest BCUT2D eigenvalue weighted by molar-refractivity contribution is 5.86. The summed E-state index contributed by atoms with van der Waals surface area (Å²) in [5.74, 6) is 2.31. The van der Waals surface area contributed by atoms with Crippen LogP contribution in [0.3, 0.4) is 0 Å². The van der Waals surface area contributed by atoms with Gasteiger partial charge in [0.15, 0.2) is 0 Å². The number of pyridine rings is 1. The number of ether oxygens (including phenoxy) is 1. The lowest BCUT2D eigenvalue weighted by Gasteiger charge is -2.26. The van der Waals surface area contributed by atoms with Gasteiger partial charge < -0.3 is 9.64 Å². The Balaban J connectivity index is 1.40. The molecular weight excluding hydrogens is 328 g/mol. The number of fused-ring (bicyclic) bond motifs is 2. The molecule has 0 unspecified atom stereocenters. The van der Waals surface area contributed by atoms with Crippen LogP contribution in [0.1, 0.15) is 12.8 Å². The van der Waals surface area contributed by atoms with Crippen LogP contribution in [0.15, 0.2) is 55.1 Å². The molecule has 5 rings (SSSR count). The summed E-state index contributed by atoms with van der Waals surface area (Å²) in [5.41, 5.74) is 0. The number of hydrogen-bond donors (Lipinski definition) is 0. The first-order valence-electron chi connectivity index (χ1n) is 8.78. The Kier molecular flexibility index (Phi) is 3.62. The minimum absolute atomic E-state index is 0.269. The standard InChI is InChI=1S/C19H18N6O/c1-2-6-16-14(4-1)7-9-20-18(16)26-12-15-5-3-11-24(15)17-8-10-21-19-22-13-23-25(17)19/h1-2,4,6-10,13,15H,3,5,11-12H2/t15-/m1/s1. The zero-order chi connectivity index (χ0) is 17.3. The van der Waals surface area contributed by atoms with Gasteiger partial charge in [0.05, 0.1) is 6.04 Å². The molecule has 130 valence electrons. The summed E-state index contributed by atoms with van der Waals surface area (Å²) in [6.07, 6.45) is 7.31. The Bertz CT molecular complexity index is 1060. The fourth-order valence-corrected chi connectivity index (χ4v) is 3.64. The van der Waals surface area contributed by atoms with Gasteiger partial charge in [0.1, 0.15) is 18.8 Å². The summed E-state index contributed by atoms with van der Waals surface area (Å²) in [5, 5.41) is 6.49. The Morgan fingerprint density at radius 1 is 1.04 bits per heavy atom. The van der Waals surface area contributed by atoms with Crippen LogP contribution < -0.4 is 9.64 Å². The van der Waals surface area contributed by atoms with E-state index in [0.717, 1.165) is 36.0 Å². The van der Waals surface area contributed by atoms with Crippen LogP contribution in [0.4, 0.5) is 5.82 Å². The van der Waals surface area contributed by atoms with Crippen LogP contribution in [-0.4, -0.2) is 43.8 Å². The van der Waals surface area contributed by atoms with Crippen molar-refractivity contribution in [1.29, 1.82) is 0 Å². The molecule has 0 amide bonds. The van der Waals surface area contributed by atoms with E-state index in [4.69, 9.17) is 4.74 Å².